The van der Waals surface area contributed by atoms with Crippen LogP contribution < -0.4 is 41.5 Å². The second-order valence-electron chi connectivity index (χ2n) is 30.9. The first-order valence-corrected chi connectivity index (χ1v) is 41.7. The quantitative estimate of drug-likeness (QED) is 0.0757. The smallest absolute Gasteiger partial charge is 0.179 e. The van der Waals surface area contributed by atoms with Gasteiger partial charge >= 0.3 is 0 Å². The van der Waals surface area contributed by atoms with Crippen molar-refractivity contribution in [3.8, 4) is 67.5 Å². The molecule has 3 aromatic heterocycles. The maximum atomic E-state index is 6.19. The lowest BCUT2D eigenvalue weighted by Gasteiger charge is -2.38. The molecule has 15 aromatic carbocycles. The highest BCUT2D eigenvalue weighted by atomic mass is 28.3. The van der Waals surface area contributed by atoms with E-state index in [1.807, 2.05) is 0 Å². The third-order valence-corrected chi connectivity index (χ3v) is 31.9. The van der Waals surface area contributed by atoms with E-state index >= 15 is 0 Å². The first kappa shape index (κ1) is 67.3. The van der Waals surface area contributed by atoms with Crippen molar-refractivity contribution in [2.75, 3.05) is 0 Å². The SMILES string of the molecule is CC(C)(C)c1ccc2c(c1)c1cc(C(C)(C)C)ccc1n2-c1cc(-n2c3ccccc3c3ccccc32)nc(-c2cc([Si](c3ccccc3)(c3ccc(-c4ccccc4)cc3)c3ccc(-c4ccccc4)cc3)cc([Si](c3ccccc3)(c3ccc(-c4ccccc4)cc3)c3ccc(-c4ccccc4)cc3)c2)n1. The molecule has 6 heteroatoms. The Balaban J connectivity index is 1.02. The predicted molar refractivity (Wildman–Crippen MR) is 463 cm³/mol. The monoisotopic (exact) mass is 1420 g/mol. The van der Waals surface area contributed by atoms with E-state index in [4.69, 9.17) is 9.97 Å². The van der Waals surface area contributed by atoms with Crippen LogP contribution in [0.3, 0.4) is 0 Å². The molecular formula is C102H82N4Si2. The lowest BCUT2D eigenvalue weighted by molar-refractivity contribution is 0.590. The molecule has 18 aromatic rings. The van der Waals surface area contributed by atoms with E-state index in [1.165, 1.54) is 85.6 Å². The third-order valence-electron chi connectivity index (χ3n) is 22.4. The van der Waals surface area contributed by atoms with Crippen LogP contribution >= 0.6 is 0 Å². The van der Waals surface area contributed by atoms with Crippen LogP contribution in [-0.4, -0.2) is 35.2 Å². The number of hydrogen-bond donors (Lipinski definition) is 0. The molecule has 0 aliphatic carbocycles. The highest BCUT2D eigenvalue weighted by Crippen LogP contribution is 2.40. The number of rotatable bonds is 15. The van der Waals surface area contributed by atoms with Gasteiger partial charge in [-0.3, -0.25) is 9.13 Å². The average molecular weight is 1420 g/mol. The Morgan fingerprint density at radius 2 is 0.463 bits per heavy atom. The number of aromatic nitrogens is 4. The summed E-state index contributed by atoms with van der Waals surface area (Å²) in [7, 11) is -7.19. The Labute approximate surface area is 635 Å². The first-order chi connectivity index (χ1) is 52.8. The van der Waals surface area contributed by atoms with Gasteiger partial charge in [-0.2, -0.15) is 0 Å². The number of para-hydroxylation sites is 2. The second-order valence-corrected chi connectivity index (χ2v) is 38.5. The van der Waals surface area contributed by atoms with Crippen molar-refractivity contribution in [1.29, 1.82) is 0 Å². The van der Waals surface area contributed by atoms with Crippen molar-refractivity contribution in [3.05, 3.63) is 399 Å². The Kier molecular flexibility index (Phi) is 17.1. The highest BCUT2D eigenvalue weighted by molar-refractivity contribution is 7.22. The van der Waals surface area contributed by atoms with Gasteiger partial charge in [0, 0.05) is 33.2 Å². The fourth-order valence-electron chi connectivity index (χ4n) is 16.9. The van der Waals surface area contributed by atoms with Gasteiger partial charge in [-0.15, -0.1) is 0 Å². The van der Waals surface area contributed by atoms with E-state index in [2.05, 4.69) is 439 Å². The lowest BCUT2D eigenvalue weighted by Crippen LogP contribution is -2.78. The summed E-state index contributed by atoms with van der Waals surface area (Å²) in [6.07, 6.45) is 0. The molecule has 3 heterocycles. The zero-order valence-corrected chi connectivity index (χ0v) is 63.7. The van der Waals surface area contributed by atoms with Gasteiger partial charge in [0.1, 0.15) is 11.6 Å². The molecule has 0 fully saturated rings. The molecular weight excluding hydrogens is 1340 g/mol. The van der Waals surface area contributed by atoms with Crippen LogP contribution in [0.25, 0.3) is 111 Å². The van der Waals surface area contributed by atoms with Crippen LogP contribution in [0.5, 0.6) is 0 Å². The molecule has 0 aliphatic heterocycles. The Morgan fingerprint density at radius 3 is 0.769 bits per heavy atom. The minimum atomic E-state index is -3.60. The van der Waals surface area contributed by atoms with E-state index in [-0.39, 0.29) is 10.8 Å². The molecule has 18 rings (SSSR count). The molecule has 0 amide bonds. The van der Waals surface area contributed by atoms with E-state index in [1.54, 1.807) is 0 Å². The largest absolute Gasteiger partial charge is 0.294 e. The minimum Gasteiger partial charge on any atom is -0.294 e. The maximum Gasteiger partial charge on any atom is 0.179 e. The van der Waals surface area contributed by atoms with E-state index in [0.717, 1.165) is 72.3 Å². The van der Waals surface area contributed by atoms with Gasteiger partial charge in [0.2, 0.25) is 0 Å². The molecule has 518 valence electrons. The summed E-state index contributed by atoms with van der Waals surface area (Å²) in [6.45, 7) is 13.9. The molecule has 0 saturated carbocycles. The van der Waals surface area contributed by atoms with Gasteiger partial charge < -0.3 is 0 Å². The van der Waals surface area contributed by atoms with Crippen LogP contribution in [0.4, 0.5) is 0 Å². The third kappa shape index (κ3) is 11.9. The second kappa shape index (κ2) is 27.4. The molecule has 108 heavy (non-hydrogen) atoms. The summed E-state index contributed by atoms with van der Waals surface area (Å²) in [5.74, 6) is 2.16. The van der Waals surface area contributed by atoms with Crippen LogP contribution in [0.2, 0.25) is 0 Å². The molecule has 0 aliphatic rings. The van der Waals surface area contributed by atoms with E-state index in [0.29, 0.717) is 5.82 Å². The molecule has 0 atom stereocenters. The standard InChI is InChI=1S/C102H82N4Si2/c1-101(2,3)80-53-63-96-92(67-80)93-68-81(102(4,5)6)54-64-97(93)106(96)99-70-98(105-94-43-27-25-41-90(94)91-42-26-28-44-95(91)105)103-100(104-99)79-65-88(107(82-37-21-11-22-38-82,84-55-45-75(46-56-84)71-29-13-7-14-30-71)85-57-47-76(48-58-85)72-31-15-8-16-32-72)69-89(66-79)108(83-39-23-12-24-40-83,86-59-49-77(50-60-86)73-33-17-9-18-34-73)87-61-51-78(52-62-87)74-35-19-10-20-36-74/h7-70H,1-6H3. The van der Waals surface area contributed by atoms with Gasteiger partial charge in [0.25, 0.3) is 0 Å². The van der Waals surface area contributed by atoms with E-state index < -0.39 is 16.1 Å². The molecule has 0 saturated heterocycles. The molecule has 0 bridgehead atoms. The van der Waals surface area contributed by atoms with Crippen molar-refractivity contribution in [1.82, 2.24) is 19.1 Å². The number of nitrogens with zero attached hydrogens (tertiary/aromatic N) is 4. The Bertz CT molecular complexity index is 5780. The van der Waals surface area contributed by atoms with Crippen molar-refractivity contribution >= 4 is 101 Å². The molecule has 4 nitrogen and oxygen atoms in total. The van der Waals surface area contributed by atoms with E-state index in [9.17, 15) is 0 Å². The first-order valence-electron chi connectivity index (χ1n) is 37.7. The zero-order valence-electron chi connectivity index (χ0n) is 61.7. The topological polar surface area (TPSA) is 35.6 Å². The fourth-order valence-corrected chi connectivity index (χ4v) is 26.6. The van der Waals surface area contributed by atoms with Gasteiger partial charge in [-0.1, -0.05) is 387 Å². The number of hydrogen-bond acceptors (Lipinski definition) is 2. The summed E-state index contributed by atoms with van der Waals surface area (Å²) >= 11 is 0. The summed E-state index contributed by atoms with van der Waals surface area (Å²) in [6, 6.07) is 146. The fraction of sp³-hybridized carbons (Fsp3) is 0.0784. The lowest BCUT2D eigenvalue weighted by atomic mass is 9.85. The Morgan fingerprint density at radius 1 is 0.204 bits per heavy atom. The van der Waals surface area contributed by atoms with Crippen LogP contribution in [0, 0.1) is 0 Å². The van der Waals surface area contributed by atoms with Gasteiger partial charge in [0.05, 0.1) is 22.1 Å². The summed E-state index contributed by atoms with van der Waals surface area (Å²) < 4.78 is 4.80. The maximum absolute atomic E-state index is 6.19. The summed E-state index contributed by atoms with van der Waals surface area (Å²) in [5.41, 5.74) is 16.9. The van der Waals surface area contributed by atoms with Gasteiger partial charge in [0.15, 0.2) is 22.0 Å². The molecule has 0 unspecified atom stereocenters. The summed E-state index contributed by atoms with van der Waals surface area (Å²) in [4.78, 5) is 12.3. The molecule has 0 radical (unpaired) electrons. The summed E-state index contributed by atoms with van der Waals surface area (Å²) in [5, 5.41) is 14.7. The number of fused-ring (bicyclic) bond motifs is 6. The van der Waals surface area contributed by atoms with Crippen LogP contribution in [0.15, 0.2) is 388 Å². The number of benzene rings is 15. The highest BCUT2D eigenvalue weighted by Gasteiger charge is 2.47. The van der Waals surface area contributed by atoms with Crippen molar-refractivity contribution in [3.63, 3.8) is 0 Å². The van der Waals surface area contributed by atoms with Crippen molar-refractivity contribution in [2.45, 2.75) is 52.4 Å². The van der Waals surface area contributed by atoms with Crippen LogP contribution in [-0.2, 0) is 10.8 Å². The van der Waals surface area contributed by atoms with Crippen LogP contribution in [0.1, 0.15) is 52.7 Å². The predicted octanol–water partition coefficient (Wildman–Crippen LogP) is 20.4. The minimum absolute atomic E-state index is 0.100. The molecule has 0 spiro atoms. The van der Waals surface area contributed by atoms with Gasteiger partial charge in [-0.05, 0) is 144 Å². The normalized spacial score (nSPS) is 12.2. The zero-order chi connectivity index (χ0) is 73.1. The van der Waals surface area contributed by atoms with Crippen molar-refractivity contribution < 1.29 is 0 Å². The average Bonchev–Trinajstić information content (AvgIpc) is 0.870. The van der Waals surface area contributed by atoms with Gasteiger partial charge in [-0.25, -0.2) is 9.97 Å². The molecule has 0 N–H and O–H groups in total. The van der Waals surface area contributed by atoms with Crippen molar-refractivity contribution in [2.24, 2.45) is 0 Å². The Hall–Kier alpha value is -12.6.